The van der Waals surface area contributed by atoms with Gasteiger partial charge in [0.15, 0.2) is 0 Å². The van der Waals surface area contributed by atoms with E-state index in [1.54, 1.807) is 18.2 Å². The van der Waals surface area contributed by atoms with Gasteiger partial charge in [0.2, 0.25) is 0 Å². The largest absolute Gasteiger partial charge is 0.416 e. The Balaban J connectivity index is 1.59. The Bertz CT molecular complexity index is 1170. The van der Waals surface area contributed by atoms with Crippen molar-refractivity contribution < 1.29 is 22.0 Å². The van der Waals surface area contributed by atoms with E-state index in [1.165, 1.54) is 18.2 Å². The molecular weight excluding hydrogens is 493 g/mol. The summed E-state index contributed by atoms with van der Waals surface area (Å²) in [7, 11) is 0. The van der Waals surface area contributed by atoms with Gasteiger partial charge >= 0.3 is 6.18 Å². The lowest BCUT2D eigenvalue weighted by atomic mass is 9.89. The number of halogens is 5. The SMILES string of the molecule is CCC/C(C)=C\c1ccc(C(F)(F)F)cc1C1CC1CN1C=CC(CCC)C1c1cccc(C(C)(F)F)c1. The molecule has 2 aromatic carbocycles. The molecule has 1 nitrogen and oxygen atoms in total. The van der Waals surface area contributed by atoms with Crippen molar-refractivity contribution in [2.45, 2.75) is 83.9 Å². The van der Waals surface area contributed by atoms with Crippen molar-refractivity contribution in [1.29, 1.82) is 0 Å². The van der Waals surface area contributed by atoms with Crippen LogP contribution in [0.25, 0.3) is 6.08 Å². The molecule has 2 aromatic rings. The van der Waals surface area contributed by atoms with Crippen LogP contribution in [0.4, 0.5) is 22.0 Å². The van der Waals surface area contributed by atoms with Crippen LogP contribution in [-0.4, -0.2) is 11.4 Å². The molecule has 6 heteroatoms. The normalized spacial score (nSPS) is 23.8. The number of benzene rings is 2. The molecule has 4 rings (SSSR count). The molecule has 1 heterocycles. The highest BCUT2D eigenvalue weighted by Gasteiger charge is 2.44. The van der Waals surface area contributed by atoms with Crippen LogP contribution in [0.15, 0.2) is 60.3 Å². The first-order chi connectivity index (χ1) is 17.9. The van der Waals surface area contributed by atoms with E-state index in [4.69, 9.17) is 0 Å². The fourth-order valence-corrected chi connectivity index (χ4v) is 5.90. The van der Waals surface area contributed by atoms with Crippen molar-refractivity contribution in [2.75, 3.05) is 6.54 Å². The monoisotopic (exact) mass is 531 g/mol. The highest BCUT2D eigenvalue weighted by molar-refractivity contribution is 5.59. The Labute approximate surface area is 223 Å². The minimum Gasteiger partial charge on any atom is -0.370 e. The Morgan fingerprint density at radius 2 is 1.76 bits per heavy atom. The van der Waals surface area contributed by atoms with E-state index in [9.17, 15) is 22.0 Å². The number of nitrogens with zero attached hydrogens (tertiary/aromatic N) is 1. The molecule has 4 unspecified atom stereocenters. The second-order valence-corrected chi connectivity index (χ2v) is 11.1. The van der Waals surface area contributed by atoms with Crippen LogP contribution in [0.3, 0.4) is 0 Å². The van der Waals surface area contributed by atoms with Gasteiger partial charge in [-0.3, -0.25) is 0 Å². The zero-order chi connectivity index (χ0) is 27.7. The fraction of sp³-hybridized carbons (Fsp3) is 0.500. The molecule has 0 N–H and O–H groups in total. The molecular formula is C32H38F5N. The second-order valence-electron chi connectivity index (χ2n) is 11.1. The van der Waals surface area contributed by atoms with Crippen molar-refractivity contribution in [3.05, 3.63) is 88.1 Å². The van der Waals surface area contributed by atoms with E-state index in [1.807, 2.05) is 19.1 Å². The minimum atomic E-state index is -4.39. The summed E-state index contributed by atoms with van der Waals surface area (Å²) in [6.45, 7) is 7.83. The van der Waals surface area contributed by atoms with Gasteiger partial charge in [0.05, 0.1) is 11.6 Å². The van der Waals surface area contributed by atoms with E-state index in [2.05, 4.69) is 31.0 Å². The third kappa shape index (κ3) is 6.50. The maximum Gasteiger partial charge on any atom is 0.416 e. The standard InChI is InChI=1S/C32H38F5N/c1-5-8-21(3)16-23-12-13-27(32(35,36)37)19-29(23)28-18-25(28)20-38-15-14-22(9-6-2)30(38)24-10-7-11-26(17-24)31(4,33)34/h7,10-17,19,22,25,28,30H,5-6,8-9,18,20H2,1-4H3/b21-16-. The Morgan fingerprint density at radius 3 is 2.42 bits per heavy atom. The lowest BCUT2D eigenvalue weighted by molar-refractivity contribution is -0.137. The number of rotatable bonds is 10. The third-order valence-electron chi connectivity index (χ3n) is 7.87. The first-order valence-corrected chi connectivity index (χ1v) is 13.7. The molecule has 0 saturated heterocycles. The molecule has 2 aliphatic rings. The molecule has 1 aliphatic heterocycles. The molecule has 0 radical (unpaired) electrons. The van der Waals surface area contributed by atoms with Crippen molar-refractivity contribution in [3.8, 4) is 0 Å². The highest BCUT2D eigenvalue weighted by Crippen LogP contribution is 2.52. The summed E-state index contributed by atoms with van der Waals surface area (Å²) >= 11 is 0. The summed E-state index contributed by atoms with van der Waals surface area (Å²) in [5.41, 5.74) is 3.04. The molecule has 1 fully saturated rings. The predicted molar refractivity (Wildman–Crippen MR) is 144 cm³/mol. The first-order valence-electron chi connectivity index (χ1n) is 13.7. The van der Waals surface area contributed by atoms with Crippen LogP contribution in [-0.2, 0) is 12.1 Å². The zero-order valence-electron chi connectivity index (χ0n) is 22.7. The number of hydrogen-bond acceptors (Lipinski definition) is 1. The Hall–Kier alpha value is -2.63. The van der Waals surface area contributed by atoms with Gasteiger partial charge in [-0.05, 0) is 79.1 Å². The fourth-order valence-electron chi connectivity index (χ4n) is 5.90. The second kappa shape index (κ2) is 11.2. The molecule has 0 spiro atoms. The Kier molecular flexibility index (Phi) is 8.39. The summed E-state index contributed by atoms with van der Waals surface area (Å²) in [6.07, 6.45) is 6.50. The quantitative estimate of drug-likeness (QED) is 0.276. The number of allylic oxidation sites excluding steroid dienone is 1. The van der Waals surface area contributed by atoms with Crippen LogP contribution < -0.4 is 0 Å². The predicted octanol–water partition coefficient (Wildman–Crippen LogP) is 10.1. The smallest absolute Gasteiger partial charge is 0.370 e. The maximum absolute atomic E-state index is 14.1. The van der Waals surface area contributed by atoms with Crippen LogP contribution in [0, 0.1) is 11.8 Å². The lowest BCUT2D eigenvalue weighted by Crippen LogP contribution is -2.27. The van der Waals surface area contributed by atoms with Gasteiger partial charge in [-0.15, -0.1) is 0 Å². The van der Waals surface area contributed by atoms with E-state index in [0.29, 0.717) is 6.54 Å². The van der Waals surface area contributed by atoms with Crippen LogP contribution in [0.2, 0.25) is 0 Å². The summed E-state index contributed by atoms with van der Waals surface area (Å²) < 4.78 is 68.9. The molecule has 0 aromatic heterocycles. The van der Waals surface area contributed by atoms with Gasteiger partial charge in [0.25, 0.3) is 5.92 Å². The van der Waals surface area contributed by atoms with E-state index < -0.39 is 17.7 Å². The summed E-state index contributed by atoms with van der Waals surface area (Å²) in [5, 5.41) is 0. The summed E-state index contributed by atoms with van der Waals surface area (Å²) in [6, 6.07) is 10.8. The lowest BCUT2D eigenvalue weighted by Gasteiger charge is -2.31. The summed E-state index contributed by atoms with van der Waals surface area (Å²) in [4.78, 5) is 2.23. The van der Waals surface area contributed by atoms with Crippen LogP contribution in [0.5, 0.6) is 0 Å². The van der Waals surface area contributed by atoms with Crippen LogP contribution in [0.1, 0.15) is 99.6 Å². The molecule has 1 saturated carbocycles. The van der Waals surface area contributed by atoms with Gasteiger partial charge in [0, 0.05) is 24.9 Å². The van der Waals surface area contributed by atoms with Crippen molar-refractivity contribution in [1.82, 2.24) is 4.90 Å². The number of alkyl halides is 5. The van der Waals surface area contributed by atoms with Crippen LogP contribution >= 0.6 is 0 Å². The average Bonchev–Trinajstić information content (AvgIpc) is 3.49. The molecule has 0 amide bonds. The molecule has 4 atom stereocenters. The molecule has 38 heavy (non-hydrogen) atoms. The third-order valence-corrected chi connectivity index (χ3v) is 7.87. The molecule has 1 aliphatic carbocycles. The molecule has 0 bridgehead atoms. The van der Waals surface area contributed by atoms with Gasteiger partial charge < -0.3 is 4.90 Å². The van der Waals surface area contributed by atoms with Gasteiger partial charge in [-0.1, -0.05) is 68.7 Å². The maximum atomic E-state index is 14.1. The van der Waals surface area contributed by atoms with E-state index in [0.717, 1.165) is 61.3 Å². The highest BCUT2D eigenvalue weighted by atomic mass is 19.4. The summed E-state index contributed by atoms with van der Waals surface area (Å²) in [5.74, 6) is -2.46. The van der Waals surface area contributed by atoms with Gasteiger partial charge in [0.1, 0.15) is 0 Å². The Morgan fingerprint density at radius 1 is 1.00 bits per heavy atom. The van der Waals surface area contributed by atoms with Gasteiger partial charge in [-0.25, -0.2) is 8.78 Å². The van der Waals surface area contributed by atoms with Crippen molar-refractivity contribution in [2.24, 2.45) is 11.8 Å². The first kappa shape index (κ1) is 28.4. The van der Waals surface area contributed by atoms with Crippen molar-refractivity contribution in [3.63, 3.8) is 0 Å². The average molecular weight is 532 g/mol. The van der Waals surface area contributed by atoms with E-state index in [-0.39, 0.29) is 29.4 Å². The van der Waals surface area contributed by atoms with E-state index >= 15 is 0 Å². The van der Waals surface area contributed by atoms with Crippen molar-refractivity contribution >= 4 is 6.08 Å². The zero-order valence-corrected chi connectivity index (χ0v) is 22.7. The van der Waals surface area contributed by atoms with Gasteiger partial charge in [-0.2, -0.15) is 13.2 Å². The molecule has 206 valence electrons. The number of hydrogen-bond donors (Lipinski definition) is 0. The topological polar surface area (TPSA) is 3.24 Å². The minimum absolute atomic E-state index is 0.00393.